The quantitative estimate of drug-likeness (QED) is 0.478. The molecule has 2 aromatic rings. The van der Waals surface area contributed by atoms with Gasteiger partial charge in [-0.3, -0.25) is 0 Å². The number of hydrogen-bond acceptors (Lipinski definition) is 5. The molecule has 0 atom stereocenters. The molecule has 1 aliphatic carbocycles. The minimum absolute atomic E-state index is 0.297. The van der Waals surface area contributed by atoms with Crippen LogP contribution in [0.2, 0.25) is 0 Å². The number of phenolic OH excluding ortho intramolecular Hbond substituents is 1. The fourth-order valence-electron chi connectivity index (χ4n) is 2.75. The summed E-state index contributed by atoms with van der Waals surface area (Å²) in [5.74, 6) is 7.62. The highest BCUT2D eigenvalue weighted by Crippen LogP contribution is 2.45. The van der Waals surface area contributed by atoms with Gasteiger partial charge in [0.15, 0.2) is 0 Å². The van der Waals surface area contributed by atoms with E-state index in [-0.39, 0.29) is 0 Å². The first kappa shape index (κ1) is 16.0. The molecule has 1 aliphatic rings. The number of rotatable bonds is 6. The first-order valence-corrected chi connectivity index (χ1v) is 8.92. The van der Waals surface area contributed by atoms with Crippen LogP contribution in [0.3, 0.4) is 0 Å². The number of nitrogens with two attached hydrogens (primary N) is 1. The summed E-state index contributed by atoms with van der Waals surface area (Å²) in [5.41, 5.74) is 3.15. The zero-order chi connectivity index (χ0) is 16.4. The van der Waals surface area contributed by atoms with Crippen molar-refractivity contribution in [3.63, 3.8) is 0 Å². The number of phenols is 1. The normalized spacial score (nSPS) is 13.9. The SMILES string of the molecule is CSc1cccc(N(C)N)c1COc1ccc(O)cc1C1CC1. The molecule has 0 unspecified atom stereocenters. The molecule has 0 radical (unpaired) electrons. The molecule has 23 heavy (non-hydrogen) atoms. The first-order chi connectivity index (χ1) is 11.1. The van der Waals surface area contributed by atoms with Crippen LogP contribution in [0.1, 0.15) is 29.9 Å². The Hall–Kier alpha value is -1.85. The maximum absolute atomic E-state index is 9.72. The molecule has 0 aromatic heterocycles. The summed E-state index contributed by atoms with van der Waals surface area (Å²) in [6.07, 6.45) is 4.38. The molecule has 0 amide bonds. The highest BCUT2D eigenvalue weighted by Gasteiger charge is 2.27. The highest BCUT2D eigenvalue weighted by molar-refractivity contribution is 7.98. The van der Waals surface area contributed by atoms with Crippen molar-refractivity contribution in [2.75, 3.05) is 18.3 Å². The van der Waals surface area contributed by atoms with Crippen LogP contribution in [-0.4, -0.2) is 18.4 Å². The number of anilines is 1. The van der Waals surface area contributed by atoms with Crippen molar-refractivity contribution in [3.05, 3.63) is 47.5 Å². The van der Waals surface area contributed by atoms with Gasteiger partial charge in [-0.15, -0.1) is 11.8 Å². The second-order valence-electron chi connectivity index (χ2n) is 5.85. The van der Waals surface area contributed by atoms with Gasteiger partial charge in [0.1, 0.15) is 18.1 Å². The topological polar surface area (TPSA) is 58.7 Å². The van der Waals surface area contributed by atoms with Crippen LogP contribution in [0, 0.1) is 0 Å². The van der Waals surface area contributed by atoms with Gasteiger partial charge < -0.3 is 14.9 Å². The molecule has 4 nitrogen and oxygen atoms in total. The first-order valence-electron chi connectivity index (χ1n) is 7.70. The van der Waals surface area contributed by atoms with E-state index >= 15 is 0 Å². The predicted molar refractivity (Wildman–Crippen MR) is 95.2 cm³/mol. The average molecular weight is 330 g/mol. The second-order valence-corrected chi connectivity index (χ2v) is 6.70. The van der Waals surface area contributed by atoms with Crippen molar-refractivity contribution >= 4 is 17.4 Å². The second kappa shape index (κ2) is 6.72. The molecule has 3 rings (SSSR count). The molecule has 0 bridgehead atoms. The van der Waals surface area contributed by atoms with Crippen LogP contribution in [0.5, 0.6) is 11.5 Å². The van der Waals surface area contributed by atoms with E-state index in [1.54, 1.807) is 22.8 Å². The van der Waals surface area contributed by atoms with Gasteiger partial charge in [0, 0.05) is 23.1 Å². The van der Waals surface area contributed by atoms with E-state index in [0.29, 0.717) is 18.3 Å². The molecule has 5 heteroatoms. The van der Waals surface area contributed by atoms with Gasteiger partial charge in [0.05, 0.1) is 5.69 Å². The van der Waals surface area contributed by atoms with E-state index in [1.165, 1.54) is 0 Å². The Balaban J connectivity index is 1.86. The summed E-state index contributed by atoms with van der Waals surface area (Å²) in [6, 6.07) is 11.4. The van der Waals surface area contributed by atoms with Gasteiger partial charge in [-0.05, 0) is 55.3 Å². The van der Waals surface area contributed by atoms with E-state index in [4.69, 9.17) is 10.6 Å². The number of nitrogens with zero attached hydrogens (tertiary/aromatic N) is 1. The monoisotopic (exact) mass is 330 g/mol. The number of hydrogen-bond donors (Lipinski definition) is 2. The fraction of sp³-hybridized carbons (Fsp3) is 0.333. The van der Waals surface area contributed by atoms with E-state index in [1.807, 2.05) is 31.3 Å². The van der Waals surface area contributed by atoms with Gasteiger partial charge in [-0.2, -0.15) is 0 Å². The lowest BCUT2D eigenvalue weighted by molar-refractivity contribution is 0.299. The van der Waals surface area contributed by atoms with Crippen molar-refractivity contribution < 1.29 is 9.84 Å². The maximum Gasteiger partial charge on any atom is 0.123 e. The average Bonchev–Trinajstić information content (AvgIpc) is 3.38. The number of hydrazine groups is 1. The lowest BCUT2D eigenvalue weighted by atomic mass is 10.1. The summed E-state index contributed by atoms with van der Waals surface area (Å²) in [5, 5.41) is 11.3. The lowest BCUT2D eigenvalue weighted by Crippen LogP contribution is -2.26. The molecule has 0 aliphatic heterocycles. The van der Waals surface area contributed by atoms with Crippen LogP contribution in [0.4, 0.5) is 5.69 Å². The Labute approximate surface area is 141 Å². The van der Waals surface area contributed by atoms with E-state index in [2.05, 4.69) is 12.3 Å². The van der Waals surface area contributed by atoms with E-state index in [0.717, 1.165) is 40.3 Å². The number of aromatic hydroxyl groups is 1. The van der Waals surface area contributed by atoms with Gasteiger partial charge in [-0.1, -0.05) is 6.07 Å². The predicted octanol–water partition coefficient (Wildman–Crippen LogP) is 3.88. The van der Waals surface area contributed by atoms with Gasteiger partial charge in [0.25, 0.3) is 0 Å². The summed E-state index contributed by atoms with van der Waals surface area (Å²) < 4.78 is 6.11. The lowest BCUT2D eigenvalue weighted by Gasteiger charge is -2.20. The summed E-state index contributed by atoms with van der Waals surface area (Å²) in [7, 11) is 1.83. The third-order valence-electron chi connectivity index (χ3n) is 4.09. The molecule has 122 valence electrons. The number of benzene rings is 2. The number of thioether (sulfide) groups is 1. The van der Waals surface area contributed by atoms with Crippen LogP contribution >= 0.6 is 11.8 Å². The highest BCUT2D eigenvalue weighted by atomic mass is 32.2. The van der Waals surface area contributed by atoms with Crippen molar-refractivity contribution in [1.29, 1.82) is 0 Å². The molecular weight excluding hydrogens is 308 g/mol. The molecule has 0 heterocycles. The Morgan fingerprint density at radius 2 is 2.09 bits per heavy atom. The Morgan fingerprint density at radius 3 is 2.74 bits per heavy atom. The smallest absolute Gasteiger partial charge is 0.123 e. The van der Waals surface area contributed by atoms with Crippen LogP contribution in [-0.2, 0) is 6.61 Å². The molecule has 0 saturated heterocycles. The molecule has 2 aromatic carbocycles. The standard InChI is InChI=1S/C18H22N2O2S/c1-20(19)16-4-3-5-18(23-2)15(16)11-22-17-9-8-13(21)10-14(17)12-6-7-12/h3-5,8-10,12,21H,6-7,11,19H2,1-2H3. The summed E-state index contributed by atoms with van der Waals surface area (Å²) >= 11 is 1.69. The van der Waals surface area contributed by atoms with Crippen LogP contribution in [0.15, 0.2) is 41.3 Å². The van der Waals surface area contributed by atoms with Crippen molar-refractivity contribution in [3.8, 4) is 11.5 Å². The third kappa shape index (κ3) is 3.57. The summed E-state index contributed by atoms with van der Waals surface area (Å²) in [6.45, 7) is 0.457. The van der Waals surface area contributed by atoms with E-state index in [9.17, 15) is 5.11 Å². The molecule has 1 saturated carbocycles. The zero-order valence-corrected chi connectivity index (χ0v) is 14.3. The molecule has 0 spiro atoms. The van der Waals surface area contributed by atoms with Gasteiger partial charge in [-0.25, -0.2) is 5.84 Å². The van der Waals surface area contributed by atoms with Crippen molar-refractivity contribution in [2.24, 2.45) is 5.84 Å². The molecular formula is C18H22N2O2S. The Kier molecular flexibility index (Phi) is 4.68. The Morgan fingerprint density at radius 1 is 1.30 bits per heavy atom. The molecule has 3 N–H and O–H groups in total. The Bertz CT molecular complexity index is 699. The maximum atomic E-state index is 9.72. The number of ether oxygens (including phenoxy) is 1. The third-order valence-corrected chi connectivity index (χ3v) is 4.91. The minimum atomic E-state index is 0.297. The largest absolute Gasteiger partial charge is 0.508 e. The van der Waals surface area contributed by atoms with Crippen LogP contribution < -0.4 is 15.6 Å². The zero-order valence-electron chi connectivity index (χ0n) is 13.5. The van der Waals surface area contributed by atoms with Crippen LogP contribution in [0.25, 0.3) is 0 Å². The summed E-state index contributed by atoms with van der Waals surface area (Å²) in [4.78, 5) is 1.16. The van der Waals surface area contributed by atoms with Crippen molar-refractivity contribution in [2.45, 2.75) is 30.3 Å². The van der Waals surface area contributed by atoms with Gasteiger partial charge >= 0.3 is 0 Å². The van der Waals surface area contributed by atoms with Crippen molar-refractivity contribution in [1.82, 2.24) is 0 Å². The van der Waals surface area contributed by atoms with E-state index < -0.39 is 0 Å². The fourth-order valence-corrected chi connectivity index (χ4v) is 3.38. The van der Waals surface area contributed by atoms with Gasteiger partial charge in [0.2, 0.25) is 0 Å². The molecule has 1 fully saturated rings. The minimum Gasteiger partial charge on any atom is -0.508 e.